The van der Waals surface area contributed by atoms with Crippen LogP contribution < -0.4 is 0 Å². The van der Waals surface area contributed by atoms with Crippen LogP contribution in [0.4, 0.5) is 0 Å². The topological polar surface area (TPSA) is 33.1 Å². The number of benzene rings is 3. The van der Waals surface area contributed by atoms with E-state index >= 15 is 0 Å². The van der Waals surface area contributed by atoms with Crippen molar-refractivity contribution in [2.45, 2.75) is 38.7 Å². The first-order chi connectivity index (χ1) is 15.4. The van der Waals surface area contributed by atoms with Gasteiger partial charge in [0.05, 0.1) is 16.8 Å². The van der Waals surface area contributed by atoms with Crippen molar-refractivity contribution in [2.24, 2.45) is 0 Å². The summed E-state index contributed by atoms with van der Waals surface area (Å²) >= 11 is 6.10. The van der Waals surface area contributed by atoms with Crippen LogP contribution in [0, 0.1) is 0 Å². The molecular weight excluding hydrogens is 414 g/mol. The van der Waals surface area contributed by atoms with Gasteiger partial charge in [-0.05, 0) is 79.6 Å². The summed E-state index contributed by atoms with van der Waals surface area (Å²) in [5.74, 6) is 0. The molecule has 0 saturated heterocycles. The first kappa shape index (κ1) is 22.3. The molecule has 0 aliphatic carbocycles. The van der Waals surface area contributed by atoms with Crippen LogP contribution in [0.2, 0.25) is 5.02 Å². The van der Waals surface area contributed by atoms with Crippen LogP contribution in [-0.2, 0) is 18.4 Å². The van der Waals surface area contributed by atoms with E-state index in [-0.39, 0.29) is 0 Å². The van der Waals surface area contributed by atoms with Gasteiger partial charge in [-0.3, -0.25) is 0 Å². The van der Waals surface area contributed by atoms with E-state index in [1.807, 2.05) is 62.4 Å². The van der Waals surface area contributed by atoms with Crippen molar-refractivity contribution in [1.29, 1.82) is 0 Å². The normalized spacial score (nSPS) is 12.0. The van der Waals surface area contributed by atoms with E-state index in [0.717, 1.165) is 47.0 Å². The molecule has 0 unspecified atom stereocenters. The standard InChI is InChI=1S/C29H28ClNO/c1-29(2,32)27-12-4-3-10-23(27)11-6-9-21-7-5-8-22(19-21)13-17-26-18-15-24-14-16-25(30)20-28(24)31-26/h3-5,7-8,10,12-20,32H,6,9,11H2,1-2H3/b17-13+. The zero-order valence-corrected chi connectivity index (χ0v) is 19.3. The van der Waals surface area contributed by atoms with Gasteiger partial charge in [-0.1, -0.05) is 78.3 Å². The summed E-state index contributed by atoms with van der Waals surface area (Å²) in [7, 11) is 0. The highest BCUT2D eigenvalue weighted by molar-refractivity contribution is 6.31. The van der Waals surface area contributed by atoms with Gasteiger partial charge in [-0.2, -0.15) is 0 Å². The van der Waals surface area contributed by atoms with Crippen LogP contribution in [0.5, 0.6) is 0 Å². The van der Waals surface area contributed by atoms with E-state index in [9.17, 15) is 5.11 Å². The van der Waals surface area contributed by atoms with Crippen LogP contribution in [0.1, 0.15) is 48.2 Å². The number of nitrogens with zero attached hydrogens (tertiary/aromatic N) is 1. The summed E-state index contributed by atoms with van der Waals surface area (Å²) in [6.07, 6.45) is 7.12. The Hall–Kier alpha value is -2.94. The Morgan fingerprint density at radius 2 is 1.69 bits per heavy atom. The molecule has 3 aromatic carbocycles. The SMILES string of the molecule is CC(C)(O)c1ccccc1CCCc1cccc(/C=C/c2ccc3ccc(Cl)cc3n2)c1. The molecule has 0 saturated carbocycles. The maximum absolute atomic E-state index is 10.4. The van der Waals surface area contributed by atoms with E-state index in [2.05, 4.69) is 42.5 Å². The maximum Gasteiger partial charge on any atom is 0.0843 e. The average Bonchev–Trinajstić information content (AvgIpc) is 2.77. The number of rotatable bonds is 7. The van der Waals surface area contributed by atoms with Crippen molar-refractivity contribution in [3.8, 4) is 0 Å². The van der Waals surface area contributed by atoms with Crippen molar-refractivity contribution in [1.82, 2.24) is 4.98 Å². The van der Waals surface area contributed by atoms with E-state index in [0.29, 0.717) is 5.02 Å². The van der Waals surface area contributed by atoms with Crippen LogP contribution in [0.3, 0.4) is 0 Å². The van der Waals surface area contributed by atoms with Crippen LogP contribution in [-0.4, -0.2) is 10.1 Å². The number of aryl methyl sites for hydroxylation is 2. The first-order valence-corrected chi connectivity index (χ1v) is 11.4. The molecule has 0 aliphatic rings. The fourth-order valence-corrected chi connectivity index (χ4v) is 4.22. The molecule has 0 aliphatic heterocycles. The van der Waals surface area contributed by atoms with E-state index in [1.165, 1.54) is 11.1 Å². The van der Waals surface area contributed by atoms with Gasteiger partial charge in [0.15, 0.2) is 0 Å². The summed E-state index contributed by atoms with van der Waals surface area (Å²) < 4.78 is 0. The largest absolute Gasteiger partial charge is 0.386 e. The molecule has 1 aromatic heterocycles. The quantitative estimate of drug-likeness (QED) is 0.322. The Bertz CT molecular complexity index is 1250. The Morgan fingerprint density at radius 3 is 2.53 bits per heavy atom. The van der Waals surface area contributed by atoms with E-state index in [4.69, 9.17) is 16.6 Å². The van der Waals surface area contributed by atoms with Crippen molar-refractivity contribution in [3.63, 3.8) is 0 Å². The first-order valence-electron chi connectivity index (χ1n) is 11.0. The third-order valence-corrected chi connectivity index (χ3v) is 5.90. The Kier molecular flexibility index (Phi) is 6.74. The van der Waals surface area contributed by atoms with Gasteiger partial charge in [0, 0.05) is 10.4 Å². The van der Waals surface area contributed by atoms with Gasteiger partial charge >= 0.3 is 0 Å². The Balaban J connectivity index is 1.42. The van der Waals surface area contributed by atoms with E-state index < -0.39 is 5.60 Å². The number of fused-ring (bicyclic) bond motifs is 1. The lowest BCUT2D eigenvalue weighted by molar-refractivity contribution is 0.0776. The molecule has 0 bridgehead atoms. The zero-order valence-electron chi connectivity index (χ0n) is 18.6. The highest BCUT2D eigenvalue weighted by atomic mass is 35.5. The third-order valence-electron chi connectivity index (χ3n) is 5.66. The summed E-state index contributed by atoms with van der Waals surface area (Å²) in [6, 6.07) is 26.7. The number of aromatic nitrogens is 1. The molecule has 0 fully saturated rings. The molecule has 32 heavy (non-hydrogen) atoms. The van der Waals surface area contributed by atoms with Gasteiger partial charge in [-0.15, -0.1) is 0 Å². The van der Waals surface area contributed by atoms with E-state index in [1.54, 1.807) is 0 Å². The molecule has 1 heterocycles. The van der Waals surface area contributed by atoms with Crippen LogP contribution in [0.15, 0.2) is 78.9 Å². The maximum atomic E-state index is 10.4. The molecule has 0 atom stereocenters. The second-order valence-electron chi connectivity index (χ2n) is 8.72. The molecule has 1 N–H and O–H groups in total. The van der Waals surface area contributed by atoms with Crippen molar-refractivity contribution < 1.29 is 5.11 Å². The van der Waals surface area contributed by atoms with Crippen LogP contribution >= 0.6 is 11.6 Å². The minimum Gasteiger partial charge on any atom is -0.386 e. The molecule has 3 heteroatoms. The molecule has 4 rings (SSSR count). The third kappa shape index (κ3) is 5.64. The van der Waals surface area contributed by atoms with Crippen molar-refractivity contribution in [3.05, 3.63) is 112 Å². The summed E-state index contributed by atoms with van der Waals surface area (Å²) in [5, 5.41) is 12.2. The Morgan fingerprint density at radius 1 is 0.875 bits per heavy atom. The zero-order chi connectivity index (χ0) is 22.6. The van der Waals surface area contributed by atoms with Gasteiger partial charge in [0.1, 0.15) is 0 Å². The van der Waals surface area contributed by atoms with Crippen LogP contribution in [0.25, 0.3) is 23.1 Å². The fourth-order valence-electron chi connectivity index (χ4n) is 4.05. The Labute approximate surface area is 195 Å². The highest BCUT2D eigenvalue weighted by Crippen LogP contribution is 2.25. The second kappa shape index (κ2) is 9.68. The number of pyridine rings is 1. The number of halogens is 1. The predicted molar refractivity (Wildman–Crippen MR) is 136 cm³/mol. The second-order valence-corrected chi connectivity index (χ2v) is 9.16. The highest BCUT2D eigenvalue weighted by Gasteiger charge is 2.18. The molecule has 4 aromatic rings. The lowest BCUT2D eigenvalue weighted by atomic mass is 9.90. The smallest absolute Gasteiger partial charge is 0.0843 e. The number of aliphatic hydroxyl groups is 1. The lowest BCUT2D eigenvalue weighted by Crippen LogP contribution is -2.18. The molecule has 0 amide bonds. The van der Waals surface area contributed by atoms with Crippen molar-refractivity contribution >= 4 is 34.7 Å². The fraction of sp³-hybridized carbons (Fsp3) is 0.207. The minimum absolute atomic E-state index is 0.698. The van der Waals surface area contributed by atoms with Crippen molar-refractivity contribution in [2.75, 3.05) is 0 Å². The molecule has 162 valence electrons. The number of hydrogen-bond donors (Lipinski definition) is 1. The molecule has 0 spiro atoms. The van der Waals surface area contributed by atoms with Gasteiger partial charge in [-0.25, -0.2) is 4.98 Å². The molecular formula is C29H28ClNO. The summed E-state index contributed by atoms with van der Waals surface area (Å²) in [5.41, 5.74) is 5.70. The summed E-state index contributed by atoms with van der Waals surface area (Å²) in [4.78, 5) is 4.69. The predicted octanol–water partition coefficient (Wildman–Crippen LogP) is 7.46. The summed E-state index contributed by atoms with van der Waals surface area (Å²) in [6.45, 7) is 3.70. The minimum atomic E-state index is -0.816. The van der Waals surface area contributed by atoms with Gasteiger partial charge in [0.2, 0.25) is 0 Å². The average molecular weight is 442 g/mol. The number of hydrogen-bond acceptors (Lipinski definition) is 2. The molecule has 0 radical (unpaired) electrons. The van der Waals surface area contributed by atoms with Gasteiger partial charge < -0.3 is 5.11 Å². The van der Waals surface area contributed by atoms with Gasteiger partial charge in [0.25, 0.3) is 0 Å². The molecule has 2 nitrogen and oxygen atoms in total. The monoisotopic (exact) mass is 441 g/mol. The lowest BCUT2D eigenvalue weighted by Gasteiger charge is -2.21.